The van der Waals surface area contributed by atoms with Crippen LogP contribution in [0, 0.1) is 0 Å². The Morgan fingerprint density at radius 1 is 1.26 bits per heavy atom. The molecule has 0 fully saturated rings. The SMILES string of the molecule is CCC(C)c1ccc(NC(N)=NCc2ccnc(OCCN(C)C)c2)cc1. The fourth-order valence-corrected chi connectivity index (χ4v) is 2.46. The zero-order valence-corrected chi connectivity index (χ0v) is 16.8. The Kier molecular flexibility index (Phi) is 8.07. The molecule has 3 N–H and O–H groups in total. The van der Waals surface area contributed by atoms with Crippen LogP contribution in [0.1, 0.15) is 37.3 Å². The number of rotatable bonds is 9. The van der Waals surface area contributed by atoms with E-state index in [0.717, 1.165) is 24.2 Å². The Morgan fingerprint density at radius 3 is 2.67 bits per heavy atom. The number of nitrogens with zero attached hydrogens (tertiary/aromatic N) is 3. The van der Waals surface area contributed by atoms with Crippen LogP contribution in [0.4, 0.5) is 5.69 Å². The second-order valence-electron chi connectivity index (χ2n) is 6.91. The van der Waals surface area contributed by atoms with Crippen molar-refractivity contribution in [3.05, 3.63) is 53.7 Å². The predicted molar refractivity (Wildman–Crippen MR) is 112 cm³/mol. The van der Waals surface area contributed by atoms with Crippen molar-refractivity contribution < 1.29 is 4.74 Å². The summed E-state index contributed by atoms with van der Waals surface area (Å²) >= 11 is 0. The van der Waals surface area contributed by atoms with E-state index in [4.69, 9.17) is 10.5 Å². The number of anilines is 1. The fourth-order valence-electron chi connectivity index (χ4n) is 2.46. The lowest BCUT2D eigenvalue weighted by molar-refractivity contribution is 0.253. The number of aliphatic imine (C=N–C) groups is 1. The summed E-state index contributed by atoms with van der Waals surface area (Å²) in [5.74, 6) is 1.56. The average Bonchev–Trinajstić information content (AvgIpc) is 2.66. The van der Waals surface area contributed by atoms with Gasteiger partial charge in [0.05, 0.1) is 6.54 Å². The summed E-state index contributed by atoms with van der Waals surface area (Å²) in [5.41, 5.74) is 9.28. The monoisotopic (exact) mass is 369 g/mol. The third-order valence-corrected chi connectivity index (χ3v) is 4.38. The van der Waals surface area contributed by atoms with E-state index in [1.54, 1.807) is 6.20 Å². The Labute approximate surface area is 162 Å². The summed E-state index contributed by atoms with van der Waals surface area (Å²) in [6.45, 7) is 6.33. The molecular formula is C21H31N5O. The van der Waals surface area contributed by atoms with Gasteiger partial charge >= 0.3 is 0 Å². The number of ether oxygens (including phenoxy) is 1. The number of guanidine groups is 1. The maximum absolute atomic E-state index is 6.02. The molecule has 146 valence electrons. The van der Waals surface area contributed by atoms with Crippen molar-refractivity contribution in [2.75, 3.05) is 32.6 Å². The van der Waals surface area contributed by atoms with Crippen molar-refractivity contribution in [1.29, 1.82) is 0 Å². The number of pyridine rings is 1. The number of nitrogens with one attached hydrogen (secondary N) is 1. The second-order valence-corrected chi connectivity index (χ2v) is 6.91. The molecule has 1 aromatic heterocycles. The molecule has 1 aromatic carbocycles. The summed E-state index contributed by atoms with van der Waals surface area (Å²) in [7, 11) is 4.02. The molecule has 1 heterocycles. The van der Waals surface area contributed by atoms with Gasteiger partial charge in [0, 0.05) is 24.5 Å². The fraction of sp³-hybridized carbons (Fsp3) is 0.429. The Bertz CT molecular complexity index is 728. The first kappa shape index (κ1) is 20.7. The summed E-state index contributed by atoms with van der Waals surface area (Å²) in [4.78, 5) is 10.7. The van der Waals surface area contributed by atoms with Crippen LogP contribution in [-0.4, -0.2) is 43.1 Å². The lowest BCUT2D eigenvalue weighted by Gasteiger charge is -2.11. The van der Waals surface area contributed by atoms with Crippen LogP contribution in [0.3, 0.4) is 0 Å². The first-order chi connectivity index (χ1) is 13.0. The first-order valence-corrected chi connectivity index (χ1v) is 9.37. The van der Waals surface area contributed by atoms with Crippen LogP contribution in [-0.2, 0) is 6.54 Å². The van der Waals surface area contributed by atoms with Crippen LogP contribution >= 0.6 is 0 Å². The number of likely N-dealkylation sites (N-methyl/N-ethyl adjacent to an activating group) is 1. The number of hydrogen-bond acceptors (Lipinski definition) is 4. The van der Waals surface area contributed by atoms with Crippen LogP contribution in [0.5, 0.6) is 5.88 Å². The minimum absolute atomic E-state index is 0.387. The molecule has 2 rings (SSSR count). The highest BCUT2D eigenvalue weighted by Crippen LogP contribution is 2.20. The molecule has 1 atom stereocenters. The van der Waals surface area contributed by atoms with Crippen molar-refractivity contribution in [1.82, 2.24) is 9.88 Å². The van der Waals surface area contributed by atoms with Crippen LogP contribution in [0.2, 0.25) is 0 Å². The van der Waals surface area contributed by atoms with E-state index < -0.39 is 0 Å². The average molecular weight is 370 g/mol. The third kappa shape index (κ3) is 7.27. The van der Waals surface area contributed by atoms with E-state index >= 15 is 0 Å². The van der Waals surface area contributed by atoms with Crippen molar-refractivity contribution in [2.45, 2.75) is 32.7 Å². The van der Waals surface area contributed by atoms with E-state index in [1.165, 1.54) is 5.56 Å². The topological polar surface area (TPSA) is 75.8 Å². The minimum Gasteiger partial charge on any atom is -0.476 e. The molecule has 6 nitrogen and oxygen atoms in total. The second kappa shape index (κ2) is 10.5. The number of nitrogens with two attached hydrogens (primary N) is 1. The van der Waals surface area contributed by atoms with Gasteiger partial charge in [-0.2, -0.15) is 0 Å². The predicted octanol–water partition coefficient (Wildman–Crippen LogP) is 3.46. The Morgan fingerprint density at radius 2 is 2.00 bits per heavy atom. The van der Waals surface area contributed by atoms with Gasteiger partial charge in [-0.05, 0) is 55.8 Å². The van der Waals surface area contributed by atoms with Crippen molar-refractivity contribution >= 4 is 11.6 Å². The van der Waals surface area contributed by atoms with Crippen molar-refractivity contribution in [3.63, 3.8) is 0 Å². The molecule has 2 aromatic rings. The van der Waals surface area contributed by atoms with Gasteiger partial charge in [0.25, 0.3) is 0 Å². The van der Waals surface area contributed by atoms with E-state index in [0.29, 0.717) is 30.9 Å². The highest BCUT2D eigenvalue weighted by molar-refractivity contribution is 5.92. The van der Waals surface area contributed by atoms with Gasteiger partial charge in [-0.15, -0.1) is 0 Å². The van der Waals surface area contributed by atoms with Crippen LogP contribution < -0.4 is 15.8 Å². The van der Waals surface area contributed by atoms with Gasteiger partial charge in [-0.3, -0.25) is 0 Å². The van der Waals surface area contributed by atoms with Crippen molar-refractivity contribution in [3.8, 4) is 5.88 Å². The zero-order valence-electron chi connectivity index (χ0n) is 16.8. The van der Waals surface area contributed by atoms with E-state index in [-0.39, 0.29) is 0 Å². The van der Waals surface area contributed by atoms with Gasteiger partial charge in [-0.25, -0.2) is 9.98 Å². The Balaban J connectivity index is 1.89. The standard InChI is InChI=1S/C21H31N5O/c1-5-16(2)18-6-8-19(9-7-18)25-21(22)24-15-17-10-11-23-20(14-17)27-13-12-26(3)4/h6-11,14,16H,5,12-13,15H2,1-4H3,(H3,22,24,25). The highest BCUT2D eigenvalue weighted by Gasteiger charge is 2.03. The summed E-state index contributed by atoms with van der Waals surface area (Å²) in [6.07, 6.45) is 2.86. The molecule has 1 unspecified atom stereocenters. The van der Waals surface area contributed by atoms with E-state index in [1.807, 2.05) is 38.4 Å². The Hall–Kier alpha value is -2.60. The molecule has 0 saturated carbocycles. The minimum atomic E-state index is 0.387. The molecule has 0 bridgehead atoms. The summed E-state index contributed by atoms with van der Waals surface area (Å²) in [6, 6.07) is 12.1. The molecule has 0 amide bonds. The lowest BCUT2D eigenvalue weighted by Crippen LogP contribution is -2.22. The number of aromatic nitrogens is 1. The van der Waals surface area contributed by atoms with Crippen molar-refractivity contribution in [2.24, 2.45) is 10.7 Å². The molecule has 27 heavy (non-hydrogen) atoms. The smallest absolute Gasteiger partial charge is 0.213 e. The number of hydrogen-bond donors (Lipinski definition) is 2. The summed E-state index contributed by atoms with van der Waals surface area (Å²) < 4.78 is 5.65. The van der Waals surface area contributed by atoms with Gasteiger partial charge < -0.3 is 20.7 Å². The molecule has 0 aliphatic heterocycles. The highest BCUT2D eigenvalue weighted by atomic mass is 16.5. The maximum Gasteiger partial charge on any atom is 0.213 e. The summed E-state index contributed by atoms with van der Waals surface area (Å²) in [5, 5.41) is 3.13. The maximum atomic E-state index is 6.02. The quantitative estimate of drug-likeness (QED) is 0.523. The molecule has 0 spiro atoms. The molecule has 0 radical (unpaired) electrons. The van der Waals surface area contributed by atoms with Crippen LogP contribution in [0.15, 0.2) is 47.6 Å². The molecule has 0 saturated heterocycles. The van der Waals surface area contributed by atoms with E-state index in [9.17, 15) is 0 Å². The molecule has 6 heteroatoms. The largest absolute Gasteiger partial charge is 0.476 e. The first-order valence-electron chi connectivity index (χ1n) is 9.37. The van der Waals surface area contributed by atoms with Gasteiger partial charge in [0.15, 0.2) is 5.96 Å². The van der Waals surface area contributed by atoms with Gasteiger partial charge in [-0.1, -0.05) is 26.0 Å². The molecule has 0 aliphatic carbocycles. The zero-order chi connectivity index (χ0) is 19.6. The van der Waals surface area contributed by atoms with E-state index in [2.05, 4.69) is 46.2 Å². The normalized spacial score (nSPS) is 12.9. The van der Waals surface area contributed by atoms with Crippen LogP contribution in [0.25, 0.3) is 0 Å². The molecular weight excluding hydrogens is 338 g/mol. The number of benzene rings is 1. The van der Waals surface area contributed by atoms with Gasteiger partial charge in [0.1, 0.15) is 6.61 Å². The third-order valence-electron chi connectivity index (χ3n) is 4.38. The lowest BCUT2D eigenvalue weighted by atomic mass is 9.99. The molecule has 0 aliphatic rings. The van der Waals surface area contributed by atoms with Gasteiger partial charge in [0.2, 0.25) is 5.88 Å².